The standard InChI is InChI=1S/C13H15ClN4O4.ClH/c14-9-2-1-3-10(18(21)22)12(9)13(20)16-8-11(19)17-6-4-15-5-7-17;/h1-3,15H,4-8H2,(H,16,20);1H. The topological polar surface area (TPSA) is 105 Å². The molecule has 23 heavy (non-hydrogen) atoms. The van der Waals surface area contributed by atoms with Gasteiger partial charge in [0, 0.05) is 32.2 Å². The molecule has 0 saturated carbocycles. The number of hydrogen-bond acceptors (Lipinski definition) is 5. The summed E-state index contributed by atoms with van der Waals surface area (Å²) in [5, 5.41) is 16.4. The smallest absolute Gasteiger partial charge is 0.283 e. The van der Waals surface area contributed by atoms with E-state index in [4.69, 9.17) is 11.6 Å². The normalized spacial score (nSPS) is 13.9. The predicted molar refractivity (Wildman–Crippen MR) is 87.1 cm³/mol. The number of rotatable bonds is 4. The van der Waals surface area contributed by atoms with Gasteiger partial charge in [-0.25, -0.2) is 0 Å². The van der Waals surface area contributed by atoms with Crippen molar-refractivity contribution in [2.24, 2.45) is 0 Å². The number of nitrogens with one attached hydrogen (secondary N) is 2. The van der Waals surface area contributed by atoms with Crippen molar-refractivity contribution < 1.29 is 14.5 Å². The molecule has 1 aromatic carbocycles. The van der Waals surface area contributed by atoms with Crippen molar-refractivity contribution in [3.8, 4) is 0 Å². The Balaban J connectivity index is 0.00000264. The molecule has 0 bridgehead atoms. The maximum Gasteiger partial charge on any atom is 0.283 e. The van der Waals surface area contributed by atoms with E-state index in [-0.39, 0.29) is 41.1 Å². The molecule has 0 unspecified atom stereocenters. The maximum atomic E-state index is 12.1. The number of nitrogens with zero attached hydrogens (tertiary/aromatic N) is 2. The third-order valence-electron chi connectivity index (χ3n) is 3.29. The third-order valence-corrected chi connectivity index (χ3v) is 3.60. The zero-order valence-electron chi connectivity index (χ0n) is 12.1. The lowest BCUT2D eigenvalue weighted by Crippen LogP contribution is -2.49. The van der Waals surface area contributed by atoms with Crippen LogP contribution < -0.4 is 10.6 Å². The second kappa shape index (κ2) is 8.66. The van der Waals surface area contributed by atoms with Crippen LogP contribution >= 0.6 is 24.0 Å². The molecule has 1 aromatic rings. The Labute approximate surface area is 143 Å². The van der Waals surface area contributed by atoms with E-state index in [2.05, 4.69) is 10.6 Å². The quantitative estimate of drug-likeness (QED) is 0.609. The van der Waals surface area contributed by atoms with Crippen LogP contribution in [-0.4, -0.2) is 54.4 Å². The minimum atomic E-state index is -0.735. The molecule has 0 aromatic heterocycles. The Morgan fingerprint density at radius 2 is 2.00 bits per heavy atom. The molecule has 1 saturated heterocycles. The van der Waals surface area contributed by atoms with E-state index < -0.39 is 10.8 Å². The molecular formula is C13H16Cl2N4O4. The van der Waals surface area contributed by atoms with Gasteiger partial charge in [0.15, 0.2) is 0 Å². The molecule has 10 heteroatoms. The summed E-state index contributed by atoms with van der Waals surface area (Å²) >= 11 is 5.86. The molecule has 1 aliphatic rings. The van der Waals surface area contributed by atoms with Gasteiger partial charge in [-0.3, -0.25) is 19.7 Å². The molecular weight excluding hydrogens is 347 g/mol. The number of nitro benzene ring substituents is 1. The van der Waals surface area contributed by atoms with E-state index in [9.17, 15) is 19.7 Å². The Bertz CT molecular complexity index is 606. The fraction of sp³-hybridized carbons (Fsp3) is 0.385. The minimum Gasteiger partial charge on any atom is -0.343 e. The third kappa shape index (κ3) is 4.78. The van der Waals surface area contributed by atoms with Gasteiger partial charge >= 0.3 is 0 Å². The molecule has 1 fully saturated rings. The number of benzene rings is 1. The Hall–Kier alpha value is -1.90. The van der Waals surface area contributed by atoms with E-state index in [0.29, 0.717) is 26.2 Å². The second-order valence-electron chi connectivity index (χ2n) is 4.70. The lowest BCUT2D eigenvalue weighted by molar-refractivity contribution is -0.385. The van der Waals surface area contributed by atoms with Crippen molar-refractivity contribution in [3.63, 3.8) is 0 Å². The number of hydrogen-bond donors (Lipinski definition) is 2. The fourth-order valence-electron chi connectivity index (χ4n) is 2.16. The average molecular weight is 363 g/mol. The van der Waals surface area contributed by atoms with Crippen molar-refractivity contribution >= 4 is 41.5 Å². The fourth-order valence-corrected chi connectivity index (χ4v) is 2.42. The Kier molecular flexibility index (Phi) is 7.21. The van der Waals surface area contributed by atoms with Crippen LogP contribution in [-0.2, 0) is 4.79 Å². The van der Waals surface area contributed by atoms with Crippen LogP contribution in [0.25, 0.3) is 0 Å². The number of carbonyl (C=O) groups is 2. The number of halogens is 2. The van der Waals surface area contributed by atoms with Gasteiger partial charge in [0.05, 0.1) is 16.5 Å². The first-order chi connectivity index (χ1) is 10.5. The van der Waals surface area contributed by atoms with Gasteiger partial charge in [-0.1, -0.05) is 17.7 Å². The molecule has 2 amide bonds. The van der Waals surface area contributed by atoms with Gasteiger partial charge in [0.2, 0.25) is 5.91 Å². The van der Waals surface area contributed by atoms with Crippen LogP contribution in [0.1, 0.15) is 10.4 Å². The summed E-state index contributed by atoms with van der Waals surface area (Å²) in [6, 6.07) is 3.98. The van der Waals surface area contributed by atoms with Gasteiger partial charge < -0.3 is 15.5 Å². The number of nitro groups is 1. The zero-order valence-corrected chi connectivity index (χ0v) is 13.7. The summed E-state index contributed by atoms with van der Waals surface area (Å²) in [5.74, 6) is -0.967. The van der Waals surface area contributed by atoms with Gasteiger partial charge in [-0.15, -0.1) is 12.4 Å². The van der Waals surface area contributed by atoms with Gasteiger partial charge in [-0.2, -0.15) is 0 Å². The first kappa shape index (κ1) is 19.1. The summed E-state index contributed by atoms with van der Waals surface area (Å²) in [5.41, 5.74) is -0.623. The van der Waals surface area contributed by atoms with E-state index in [0.717, 1.165) is 0 Å². The molecule has 1 heterocycles. The summed E-state index contributed by atoms with van der Waals surface area (Å²) in [7, 11) is 0. The van der Waals surface area contributed by atoms with Crippen LogP contribution in [0.15, 0.2) is 18.2 Å². The predicted octanol–water partition coefficient (Wildman–Crippen LogP) is 0.832. The molecule has 126 valence electrons. The molecule has 2 N–H and O–H groups in total. The number of carbonyl (C=O) groups excluding carboxylic acids is 2. The summed E-state index contributed by atoms with van der Waals surface area (Å²) < 4.78 is 0. The van der Waals surface area contributed by atoms with Crippen LogP contribution in [0.4, 0.5) is 5.69 Å². The lowest BCUT2D eigenvalue weighted by Gasteiger charge is -2.27. The van der Waals surface area contributed by atoms with Crippen molar-refractivity contribution in [2.45, 2.75) is 0 Å². The summed E-state index contributed by atoms with van der Waals surface area (Å²) in [6.45, 7) is 2.33. The molecule has 0 aliphatic carbocycles. The minimum absolute atomic E-state index is 0. The van der Waals surface area contributed by atoms with E-state index in [1.807, 2.05) is 0 Å². The first-order valence-corrected chi connectivity index (χ1v) is 7.08. The summed E-state index contributed by atoms with van der Waals surface area (Å²) in [6.07, 6.45) is 0. The zero-order chi connectivity index (χ0) is 16.1. The number of amides is 2. The van der Waals surface area contributed by atoms with Crippen LogP contribution in [0, 0.1) is 10.1 Å². The van der Waals surface area contributed by atoms with Crippen molar-refractivity contribution in [3.05, 3.63) is 38.9 Å². The highest BCUT2D eigenvalue weighted by molar-refractivity contribution is 6.34. The molecule has 0 spiro atoms. The number of piperazine rings is 1. The van der Waals surface area contributed by atoms with Crippen molar-refractivity contribution in [1.82, 2.24) is 15.5 Å². The van der Waals surface area contributed by atoms with Crippen LogP contribution in [0.5, 0.6) is 0 Å². The van der Waals surface area contributed by atoms with Gasteiger partial charge in [0.25, 0.3) is 11.6 Å². The molecule has 0 radical (unpaired) electrons. The molecule has 2 rings (SSSR count). The average Bonchev–Trinajstić information content (AvgIpc) is 2.52. The first-order valence-electron chi connectivity index (χ1n) is 6.70. The summed E-state index contributed by atoms with van der Waals surface area (Å²) in [4.78, 5) is 35.9. The van der Waals surface area contributed by atoms with Crippen LogP contribution in [0.2, 0.25) is 5.02 Å². The van der Waals surface area contributed by atoms with E-state index in [1.54, 1.807) is 4.90 Å². The highest BCUT2D eigenvalue weighted by Crippen LogP contribution is 2.25. The lowest BCUT2D eigenvalue weighted by atomic mass is 10.1. The Morgan fingerprint density at radius 3 is 2.61 bits per heavy atom. The SMILES string of the molecule is Cl.O=C(NCC(=O)N1CCNCC1)c1c(Cl)cccc1[N+](=O)[O-]. The molecule has 0 atom stereocenters. The highest BCUT2D eigenvalue weighted by atomic mass is 35.5. The monoisotopic (exact) mass is 362 g/mol. The van der Waals surface area contributed by atoms with E-state index in [1.165, 1.54) is 18.2 Å². The van der Waals surface area contributed by atoms with Crippen molar-refractivity contribution in [2.75, 3.05) is 32.7 Å². The molecule has 1 aliphatic heterocycles. The van der Waals surface area contributed by atoms with Gasteiger partial charge in [-0.05, 0) is 6.07 Å². The Morgan fingerprint density at radius 1 is 1.35 bits per heavy atom. The van der Waals surface area contributed by atoms with Crippen LogP contribution in [0.3, 0.4) is 0 Å². The maximum absolute atomic E-state index is 12.1. The largest absolute Gasteiger partial charge is 0.343 e. The van der Waals surface area contributed by atoms with Gasteiger partial charge in [0.1, 0.15) is 5.56 Å². The highest BCUT2D eigenvalue weighted by Gasteiger charge is 2.24. The molecule has 8 nitrogen and oxygen atoms in total. The second-order valence-corrected chi connectivity index (χ2v) is 5.11. The van der Waals surface area contributed by atoms with Crippen molar-refractivity contribution in [1.29, 1.82) is 0 Å². The van der Waals surface area contributed by atoms with E-state index >= 15 is 0 Å².